The standard InChI is InChI=1S/C26H30ClFN4O5S.C25H26ClF3N4O5S.C24H26ClFN4O5S/c1-15(25(33)34)5-3-6-16-13-32(10-11-37-16)14-19-20(26(35)36-2)22(17-7-4-8-18(28)21(17)27)31-23(30-19)24-29-9-12-38-24;1-37-24(36)19-17(13-33-8-9-38-14(12-33)5-6-25(28,29)11-18(34)35)31-22(23-30-7-10-39-23)32-21(19)15-3-2-4-16(27)20(15)26;1-13(23(31)32)10-14-12-35-8-7-30(14)11-17-18(24(33)34-2)20(15-4-3-5-16(26)19(15)25)29-21(28-17)22-27-6-9-36-22/h4,7-9,12,15-16,22H,3,5-6,10-11,13-14H2,1-2H3,(H,30,31)(H,33,34);2-4,7,10,14,21H,5-6,8-9,11-13H2,1H3,(H,31,32)(H,34,35);3-6,9,13-14,20H,7-8,10-12H2,1-2H3,(H,28,29)(H,31,32)/t15?,16-,22+;14-,21+;13?,14-,20+/m111/s1. The summed E-state index contributed by atoms with van der Waals surface area (Å²) in [6, 6.07) is 10.0. The van der Waals surface area contributed by atoms with Gasteiger partial charge in [0.05, 0.1) is 104 Å². The lowest BCUT2D eigenvalue weighted by Gasteiger charge is -2.38. The molecule has 12 rings (SSSR count). The quantitative estimate of drug-likeness (QED) is 0.0151. The zero-order valence-corrected chi connectivity index (χ0v) is 66.4. The van der Waals surface area contributed by atoms with Gasteiger partial charge in [-0.25, -0.2) is 51.3 Å². The van der Waals surface area contributed by atoms with Crippen LogP contribution in [0.3, 0.4) is 0 Å². The highest BCUT2D eigenvalue weighted by molar-refractivity contribution is 7.12. The molecule has 2 unspecified atom stereocenters. The molecule has 6 aliphatic heterocycles. The molecular weight excluding hydrogens is 1610 g/mol. The Balaban J connectivity index is 0.000000180. The summed E-state index contributed by atoms with van der Waals surface area (Å²) in [4.78, 5) is 106. The smallest absolute Gasteiger partial charge is 0.338 e. The number of carbonyl (C=O) groups is 6. The molecule has 3 saturated heterocycles. The molecule has 6 aliphatic rings. The van der Waals surface area contributed by atoms with Crippen LogP contribution in [0.2, 0.25) is 15.1 Å². The third kappa shape index (κ3) is 22.6. The lowest BCUT2D eigenvalue weighted by molar-refractivity contribution is -0.146. The number of ether oxygens (including phenoxy) is 6. The van der Waals surface area contributed by atoms with Gasteiger partial charge in [-0.05, 0) is 50.3 Å². The van der Waals surface area contributed by atoms with Crippen LogP contribution in [0.4, 0.5) is 22.0 Å². The molecular formula is C75H82Cl3F5N12O15S3. The third-order valence-electron chi connectivity index (χ3n) is 19.1. The fraction of sp³-hybridized carbons (Fsp3) is 0.440. The second-order valence-corrected chi connectivity index (χ2v) is 30.7. The molecule has 606 valence electrons. The number of carboxylic acid groups (broad SMARTS) is 3. The molecule has 0 spiro atoms. The van der Waals surface area contributed by atoms with E-state index in [2.05, 4.69) is 45.7 Å². The molecule has 38 heteroatoms. The summed E-state index contributed by atoms with van der Waals surface area (Å²) in [5.74, 6) is -10.1. The first kappa shape index (κ1) is 86.7. The summed E-state index contributed by atoms with van der Waals surface area (Å²) < 4.78 is 104. The highest BCUT2D eigenvalue weighted by atomic mass is 35.5. The number of thiazole rings is 3. The van der Waals surface area contributed by atoms with Gasteiger partial charge in [-0.1, -0.05) is 85.0 Å². The van der Waals surface area contributed by atoms with E-state index in [9.17, 15) is 55.8 Å². The van der Waals surface area contributed by atoms with Crippen LogP contribution < -0.4 is 16.0 Å². The number of carboxylic acids is 3. The zero-order valence-electron chi connectivity index (χ0n) is 61.7. The number of carbonyl (C=O) groups excluding carboxylic acids is 3. The fourth-order valence-electron chi connectivity index (χ4n) is 13.4. The molecule has 6 N–H and O–H groups in total. The van der Waals surface area contributed by atoms with Crippen molar-refractivity contribution in [2.45, 2.75) is 101 Å². The van der Waals surface area contributed by atoms with Gasteiger partial charge in [0.25, 0.3) is 5.92 Å². The van der Waals surface area contributed by atoms with Crippen molar-refractivity contribution in [3.8, 4) is 0 Å². The third-order valence-corrected chi connectivity index (χ3v) is 22.7. The van der Waals surface area contributed by atoms with E-state index in [1.165, 1.54) is 91.7 Å². The van der Waals surface area contributed by atoms with E-state index in [1.54, 1.807) is 61.4 Å². The average molecular weight is 1690 g/mol. The Labute approximate surface area is 673 Å². The minimum Gasteiger partial charge on any atom is -0.481 e. The highest BCUT2D eigenvalue weighted by Gasteiger charge is 2.41. The number of hydrogen-bond donors (Lipinski definition) is 6. The second-order valence-electron chi connectivity index (χ2n) is 26.9. The number of halogens is 8. The van der Waals surface area contributed by atoms with Crippen molar-refractivity contribution >= 4 is 122 Å². The van der Waals surface area contributed by atoms with Gasteiger partial charge in [-0.2, -0.15) is 0 Å². The number of hydrogen-bond acceptors (Lipinski definition) is 27. The lowest BCUT2D eigenvalue weighted by atomic mass is 9.94. The molecule has 0 bridgehead atoms. The van der Waals surface area contributed by atoms with Gasteiger partial charge in [0.15, 0.2) is 32.5 Å². The molecule has 8 atom stereocenters. The zero-order chi connectivity index (χ0) is 81.2. The first-order chi connectivity index (χ1) is 54.1. The predicted octanol–water partition coefficient (Wildman–Crippen LogP) is 11.4. The van der Waals surface area contributed by atoms with Crippen LogP contribution >= 0.6 is 68.8 Å². The summed E-state index contributed by atoms with van der Waals surface area (Å²) >= 11 is 23.0. The number of nitrogens with zero attached hydrogens (tertiary/aromatic N) is 9. The van der Waals surface area contributed by atoms with Crippen LogP contribution in [0, 0.1) is 29.3 Å². The summed E-state index contributed by atoms with van der Waals surface area (Å²) in [5.41, 5.74) is 3.01. The molecule has 27 nitrogen and oxygen atoms in total. The largest absolute Gasteiger partial charge is 0.481 e. The Bertz CT molecular complexity index is 4580. The maximum absolute atomic E-state index is 14.4. The van der Waals surface area contributed by atoms with Gasteiger partial charge in [0, 0.05) is 133 Å². The summed E-state index contributed by atoms with van der Waals surface area (Å²) in [5, 5.41) is 43.6. The van der Waals surface area contributed by atoms with Crippen LogP contribution in [-0.4, -0.2) is 223 Å². The van der Waals surface area contributed by atoms with Gasteiger partial charge < -0.3 is 59.7 Å². The fourth-order valence-corrected chi connectivity index (χ4v) is 15.8. The van der Waals surface area contributed by atoms with Crippen LogP contribution in [-0.2, 0) is 57.2 Å². The molecule has 0 radical (unpaired) electrons. The van der Waals surface area contributed by atoms with E-state index in [0.717, 1.165) is 12.8 Å². The predicted molar refractivity (Wildman–Crippen MR) is 412 cm³/mol. The van der Waals surface area contributed by atoms with Crippen LogP contribution in [0.1, 0.15) is 109 Å². The van der Waals surface area contributed by atoms with E-state index in [1.807, 2.05) is 10.3 Å². The van der Waals surface area contributed by atoms with Crippen LogP contribution in [0.5, 0.6) is 0 Å². The monoisotopic (exact) mass is 1690 g/mol. The molecule has 0 aliphatic carbocycles. The van der Waals surface area contributed by atoms with Gasteiger partial charge in [0.1, 0.15) is 42.0 Å². The molecule has 113 heavy (non-hydrogen) atoms. The summed E-state index contributed by atoms with van der Waals surface area (Å²) in [7, 11) is 3.78. The minimum absolute atomic E-state index is 0.0412. The number of aliphatic imine (C=N–C) groups is 3. The van der Waals surface area contributed by atoms with Crippen molar-refractivity contribution in [2.75, 3.05) is 100 Å². The summed E-state index contributed by atoms with van der Waals surface area (Å²) in [6.07, 6.45) is 4.78. The SMILES string of the molecule is COC(=O)C1=C(CN2CCOC[C@H]2CC(C)C(=O)O)NC(c2nccs2)=N[C@H]1c1cccc(F)c1Cl.COC(=O)C1=C(CN2CCO[C@H](CCC(F)(F)CC(=O)O)C2)NC(c2nccs2)=N[C@H]1c1cccc(F)c1Cl.COC(=O)C1=C(CN2CCO[C@H](CCCC(C)C(=O)O)C2)NC(c2nccs2)=N[C@H]1c1cccc(F)c1Cl. The van der Waals surface area contributed by atoms with E-state index >= 15 is 0 Å². The number of esters is 3. The molecule has 3 fully saturated rings. The number of amidine groups is 3. The number of aromatic nitrogens is 3. The van der Waals surface area contributed by atoms with Gasteiger partial charge in [0.2, 0.25) is 0 Å². The molecule has 0 amide bonds. The number of benzene rings is 3. The van der Waals surface area contributed by atoms with Crippen LogP contribution in [0.25, 0.3) is 0 Å². The van der Waals surface area contributed by atoms with E-state index < -0.39 is 108 Å². The topological polar surface area (TPSA) is 340 Å². The second kappa shape index (κ2) is 40.5. The van der Waals surface area contributed by atoms with Gasteiger partial charge in [-0.15, -0.1) is 34.0 Å². The van der Waals surface area contributed by atoms with Crippen molar-refractivity contribution in [3.63, 3.8) is 0 Å². The van der Waals surface area contributed by atoms with Crippen LogP contribution in [0.15, 0.2) is 138 Å². The Hall–Kier alpha value is -8.72. The van der Waals surface area contributed by atoms with E-state index in [-0.39, 0.29) is 82.2 Å². The Morgan fingerprint density at radius 3 is 1.35 bits per heavy atom. The van der Waals surface area contributed by atoms with Crippen molar-refractivity contribution in [1.29, 1.82) is 0 Å². The normalized spacial score (nSPS) is 20.9. The number of nitrogens with one attached hydrogen (secondary N) is 3. The van der Waals surface area contributed by atoms with Gasteiger partial charge >= 0.3 is 35.8 Å². The lowest BCUT2D eigenvalue weighted by Crippen LogP contribution is -2.49. The molecule has 3 aromatic heterocycles. The number of methoxy groups -OCH3 is 3. The number of morpholine rings is 3. The first-order valence-electron chi connectivity index (χ1n) is 35.7. The van der Waals surface area contributed by atoms with E-state index in [4.69, 9.17) is 83.4 Å². The highest BCUT2D eigenvalue weighted by Crippen LogP contribution is 2.42. The van der Waals surface area contributed by atoms with Crippen molar-refractivity contribution < 1.29 is 94.5 Å². The first-order valence-corrected chi connectivity index (χ1v) is 39.5. The molecule has 3 aromatic carbocycles. The molecule has 6 aromatic rings. The molecule has 0 saturated carbocycles. The summed E-state index contributed by atoms with van der Waals surface area (Å²) in [6.45, 7) is 8.22. The number of rotatable bonds is 28. The maximum Gasteiger partial charge on any atom is 0.338 e. The van der Waals surface area contributed by atoms with Gasteiger partial charge in [-0.3, -0.25) is 44.1 Å². The Morgan fingerprint density at radius 1 is 0.575 bits per heavy atom. The maximum atomic E-state index is 14.4. The van der Waals surface area contributed by atoms with Crippen molar-refractivity contribution in [3.05, 3.63) is 187 Å². The minimum atomic E-state index is -3.35. The number of aliphatic carboxylic acids is 3. The Kier molecular flexibility index (Phi) is 31.1. The average Bonchev–Trinajstić information content (AvgIpc) is 1.46. The molecule has 9 heterocycles. The van der Waals surface area contributed by atoms with Crippen molar-refractivity contribution in [1.82, 2.24) is 45.6 Å². The van der Waals surface area contributed by atoms with E-state index in [0.29, 0.717) is 126 Å². The number of alkyl halides is 2. The Morgan fingerprint density at radius 2 is 0.973 bits per heavy atom. The van der Waals surface area contributed by atoms with Crippen molar-refractivity contribution in [2.24, 2.45) is 26.8 Å².